The molecule has 0 bridgehead atoms. The summed E-state index contributed by atoms with van der Waals surface area (Å²) in [5.41, 5.74) is 1.43. The molecule has 2 heterocycles. The summed E-state index contributed by atoms with van der Waals surface area (Å²) in [5, 5.41) is 14.8. The van der Waals surface area contributed by atoms with Gasteiger partial charge in [-0.05, 0) is 68.4 Å². The van der Waals surface area contributed by atoms with Crippen LogP contribution >= 0.6 is 0 Å². The summed E-state index contributed by atoms with van der Waals surface area (Å²) < 4.78 is 34.0. The van der Waals surface area contributed by atoms with Crippen LogP contribution in [0.5, 0.6) is 5.75 Å². The summed E-state index contributed by atoms with van der Waals surface area (Å²) in [4.78, 5) is 21.2. The van der Waals surface area contributed by atoms with Crippen molar-refractivity contribution in [2.45, 2.75) is 37.0 Å². The van der Waals surface area contributed by atoms with Crippen LogP contribution in [0.1, 0.15) is 25.8 Å². The Hall–Kier alpha value is -3.37. The maximum Gasteiger partial charge on any atom is 0.414 e. The summed E-state index contributed by atoms with van der Waals surface area (Å²) in [7, 11) is -3.60. The number of hydrogen-bond acceptors (Lipinski definition) is 6. The highest BCUT2D eigenvalue weighted by Crippen LogP contribution is 2.30. The average molecular weight is 491 g/mol. The van der Waals surface area contributed by atoms with Crippen LogP contribution in [0.2, 0.25) is 0 Å². The van der Waals surface area contributed by atoms with Gasteiger partial charge in [0.2, 0.25) is 9.84 Å². The number of fused-ring (bicyclic) bond motifs is 1. The van der Waals surface area contributed by atoms with E-state index < -0.39 is 21.8 Å². The highest BCUT2D eigenvalue weighted by Gasteiger charge is 2.24. The number of aryl methyl sites for hydroxylation is 1. The summed E-state index contributed by atoms with van der Waals surface area (Å²) >= 11 is 0. The fourth-order valence-electron chi connectivity index (χ4n) is 3.43. The van der Waals surface area contributed by atoms with Gasteiger partial charge in [-0.3, -0.25) is 0 Å². The number of hydrogen-bond donors (Lipinski definition) is 2. The largest absolute Gasteiger partial charge is 0.494 e. The van der Waals surface area contributed by atoms with Crippen molar-refractivity contribution in [2.75, 3.05) is 26.2 Å². The van der Waals surface area contributed by atoms with Crippen LogP contribution in [0.25, 0.3) is 5.52 Å². The summed E-state index contributed by atoms with van der Waals surface area (Å²) in [5.74, 6) is -2.96. The molecule has 184 valence electrons. The molecule has 1 aromatic carbocycles. The lowest BCUT2D eigenvalue weighted by Crippen LogP contribution is -2.25. The number of carboxylic acid groups (broad SMARTS) is 2. The average Bonchev–Trinajstić information content (AvgIpc) is 3.16. The van der Waals surface area contributed by atoms with E-state index in [-0.39, 0.29) is 4.90 Å². The Labute approximate surface area is 199 Å². The number of ether oxygens (including phenoxy) is 1. The minimum atomic E-state index is -3.60. The molecule has 3 rings (SSSR count). The molecule has 0 saturated carbocycles. The number of aromatic nitrogens is 1. The first-order valence-corrected chi connectivity index (χ1v) is 12.3. The van der Waals surface area contributed by atoms with Gasteiger partial charge in [0.25, 0.3) is 0 Å². The molecule has 0 amide bonds. The number of nitrogens with zero attached hydrogens (tertiary/aromatic N) is 2. The fraction of sp³-hybridized carbons (Fsp3) is 0.333. The molecule has 0 atom stereocenters. The predicted octanol–water partition coefficient (Wildman–Crippen LogP) is 3.35. The van der Waals surface area contributed by atoms with E-state index in [0.29, 0.717) is 22.8 Å². The lowest BCUT2D eigenvalue weighted by atomic mass is 10.3. The van der Waals surface area contributed by atoms with E-state index in [0.717, 1.165) is 31.6 Å². The van der Waals surface area contributed by atoms with Crippen LogP contribution in [0.4, 0.5) is 0 Å². The number of aliphatic carboxylic acids is 2. The molecular weight excluding hydrogens is 460 g/mol. The molecule has 0 radical (unpaired) electrons. The molecule has 0 aliphatic rings. The standard InChI is InChI=1S/C22H28N2O3S.C2H2O4/c1-4-23(5-2)14-8-16-27-19-10-12-20(13-11-19)28(25,26)22-18(3)17-24-15-7-6-9-21(22)24;3-1(4)2(5)6/h6-7,9-13,15,17H,4-5,8,14,16H2,1-3H3;(H,3,4)(H,5,6). The Kier molecular flexibility index (Phi) is 9.64. The number of sulfone groups is 1. The van der Waals surface area contributed by atoms with E-state index in [4.69, 9.17) is 24.5 Å². The highest BCUT2D eigenvalue weighted by atomic mass is 32.2. The Balaban J connectivity index is 0.000000604. The highest BCUT2D eigenvalue weighted by molar-refractivity contribution is 7.91. The zero-order chi connectivity index (χ0) is 25.3. The van der Waals surface area contributed by atoms with Gasteiger partial charge in [0.05, 0.1) is 17.0 Å². The molecule has 0 fully saturated rings. The lowest BCUT2D eigenvalue weighted by molar-refractivity contribution is -0.159. The Morgan fingerprint density at radius 3 is 2.18 bits per heavy atom. The van der Waals surface area contributed by atoms with Crippen molar-refractivity contribution in [2.24, 2.45) is 0 Å². The predicted molar refractivity (Wildman–Crippen MR) is 127 cm³/mol. The molecule has 0 aliphatic heterocycles. The van der Waals surface area contributed by atoms with Crippen molar-refractivity contribution in [1.82, 2.24) is 9.30 Å². The summed E-state index contributed by atoms with van der Waals surface area (Å²) in [6.45, 7) is 9.83. The molecule has 3 aromatic rings. The van der Waals surface area contributed by atoms with Crippen molar-refractivity contribution in [3.05, 3.63) is 60.4 Å². The van der Waals surface area contributed by atoms with Gasteiger partial charge >= 0.3 is 11.9 Å². The zero-order valence-electron chi connectivity index (χ0n) is 19.5. The molecule has 0 spiro atoms. The monoisotopic (exact) mass is 490 g/mol. The van der Waals surface area contributed by atoms with Gasteiger partial charge in [-0.15, -0.1) is 0 Å². The quantitative estimate of drug-likeness (QED) is 0.346. The van der Waals surface area contributed by atoms with Gasteiger partial charge in [-0.2, -0.15) is 0 Å². The van der Waals surface area contributed by atoms with Gasteiger partial charge in [0, 0.05) is 18.9 Å². The van der Waals surface area contributed by atoms with Gasteiger partial charge in [-0.25, -0.2) is 18.0 Å². The number of benzene rings is 1. The molecular formula is C24H30N2O7S. The molecule has 34 heavy (non-hydrogen) atoms. The molecule has 0 aliphatic carbocycles. The second-order valence-corrected chi connectivity index (χ2v) is 9.33. The van der Waals surface area contributed by atoms with Crippen molar-refractivity contribution in [3.63, 3.8) is 0 Å². The van der Waals surface area contributed by atoms with Gasteiger partial charge in [0.1, 0.15) is 10.6 Å². The normalized spacial score (nSPS) is 11.2. The first-order valence-electron chi connectivity index (χ1n) is 10.8. The third-order valence-corrected chi connectivity index (χ3v) is 7.14. The van der Waals surface area contributed by atoms with Crippen LogP contribution in [0.3, 0.4) is 0 Å². The summed E-state index contributed by atoms with van der Waals surface area (Å²) in [6.07, 6.45) is 4.64. The lowest BCUT2D eigenvalue weighted by Gasteiger charge is -2.17. The second-order valence-electron chi connectivity index (χ2n) is 7.45. The van der Waals surface area contributed by atoms with E-state index in [1.165, 1.54) is 0 Å². The first kappa shape index (κ1) is 26.9. The van der Waals surface area contributed by atoms with E-state index in [1.807, 2.05) is 41.9 Å². The van der Waals surface area contributed by atoms with Crippen molar-refractivity contribution < 1.29 is 33.0 Å². The minimum Gasteiger partial charge on any atom is -0.494 e. The molecule has 2 aromatic heterocycles. The Morgan fingerprint density at radius 2 is 1.62 bits per heavy atom. The molecule has 2 N–H and O–H groups in total. The van der Waals surface area contributed by atoms with Crippen LogP contribution in [0, 0.1) is 6.92 Å². The SMILES string of the molecule is CCN(CC)CCCOc1ccc(S(=O)(=O)c2c(C)cn3ccccc23)cc1.O=C(O)C(=O)O. The van der Waals surface area contributed by atoms with Gasteiger partial charge in [-0.1, -0.05) is 19.9 Å². The van der Waals surface area contributed by atoms with Crippen LogP contribution in [0.15, 0.2) is 64.6 Å². The number of carbonyl (C=O) groups is 2. The first-order chi connectivity index (χ1) is 16.1. The molecule has 10 heteroatoms. The van der Waals surface area contributed by atoms with Crippen molar-refractivity contribution in [3.8, 4) is 5.75 Å². The van der Waals surface area contributed by atoms with Crippen LogP contribution < -0.4 is 4.74 Å². The molecule has 9 nitrogen and oxygen atoms in total. The van der Waals surface area contributed by atoms with E-state index in [1.54, 1.807) is 24.3 Å². The third-order valence-electron chi connectivity index (χ3n) is 5.18. The van der Waals surface area contributed by atoms with Gasteiger partial charge < -0.3 is 24.3 Å². The topological polar surface area (TPSA) is 126 Å². The number of rotatable bonds is 9. The van der Waals surface area contributed by atoms with Crippen LogP contribution in [-0.2, 0) is 19.4 Å². The van der Waals surface area contributed by atoms with Gasteiger partial charge in [0.15, 0.2) is 0 Å². The van der Waals surface area contributed by atoms with E-state index in [2.05, 4.69) is 18.7 Å². The fourth-order valence-corrected chi connectivity index (χ4v) is 5.09. The Bertz CT molecular complexity index is 1200. The number of carboxylic acids is 2. The second kappa shape index (κ2) is 12.2. The zero-order valence-corrected chi connectivity index (χ0v) is 20.3. The third kappa shape index (κ3) is 6.82. The smallest absolute Gasteiger partial charge is 0.414 e. The maximum atomic E-state index is 13.2. The van der Waals surface area contributed by atoms with E-state index in [9.17, 15) is 8.42 Å². The van der Waals surface area contributed by atoms with Crippen molar-refractivity contribution in [1.29, 1.82) is 0 Å². The molecule has 0 unspecified atom stereocenters. The van der Waals surface area contributed by atoms with Crippen LogP contribution in [-0.4, -0.2) is 66.1 Å². The minimum absolute atomic E-state index is 0.281. The maximum absolute atomic E-state index is 13.2. The van der Waals surface area contributed by atoms with Crippen molar-refractivity contribution >= 4 is 27.3 Å². The Morgan fingerprint density at radius 1 is 1.00 bits per heavy atom. The number of pyridine rings is 1. The summed E-state index contributed by atoms with van der Waals surface area (Å²) in [6, 6.07) is 12.3. The molecule has 0 saturated heterocycles. The van der Waals surface area contributed by atoms with E-state index >= 15 is 0 Å².